The van der Waals surface area contributed by atoms with Gasteiger partial charge in [-0.25, -0.2) is 4.99 Å². The molecule has 0 amide bonds. The van der Waals surface area contributed by atoms with Crippen LogP contribution in [0.15, 0.2) is 22.1 Å². The number of aromatic amines is 2. The number of H-pyrrole nitrogens is 2. The summed E-state index contributed by atoms with van der Waals surface area (Å²) in [5.41, 5.74) is 0.358. The lowest BCUT2D eigenvalue weighted by Gasteiger charge is -2.01. The van der Waals surface area contributed by atoms with Crippen LogP contribution in [0, 0.1) is 0 Å². The highest BCUT2D eigenvalue weighted by atomic mass is 16.1. The molecule has 0 aliphatic heterocycles. The molecule has 2 aromatic rings. The molecule has 2 heterocycles. The fourth-order valence-electron chi connectivity index (χ4n) is 1.17. The minimum Gasteiger partial charge on any atom is -0.369 e. The molecule has 6 heteroatoms. The predicted octanol–water partition coefficient (Wildman–Crippen LogP) is 0.473. The highest BCUT2D eigenvalue weighted by Gasteiger charge is 2.02. The number of nitrogens with one attached hydrogen (secondary N) is 2. The summed E-state index contributed by atoms with van der Waals surface area (Å²) < 4.78 is 0. The molecule has 0 bridgehead atoms. The second kappa shape index (κ2) is 3.56. The average Bonchev–Trinajstić information content (AvgIpc) is 2.63. The van der Waals surface area contributed by atoms with Crippen LogP contribution in [0.4, 0.5) is 5.95 Å². The Morgan fingerprint density at radius 2 is 2.33 bits per heavy atom. The molecule has 15 heavy (non-hydrogen) atoms. The summed E-state index contributed by atoms with van der Waals surface area (Å²) in [7, 11) is 3.68. The first-order valence-corrected chi connectivity index (χ1v) is 4.45. The Hall–Kier alpha value is -2.11. The van der Waals surface area contributed by atoms with E-state index in [-0.39, 0.29) is 5.56 Å². The number of hydrogen-bond donors (Lipinski definition) is 2. The molecule has 0 unspecified atom stereocenters. The van der Waals surface area contributed by atoms with E-state index in [4.69, 9.17) is 0 Å². The van der Waals surface area contributed by atoms with Gasteiger partial charge in [0.2, 0.25) is 5.95 Å². The van der Waals surface area contributed by atoms with Gasteiger partial charge < -0.3 is 9.88 Å². The van der Waals surface area contributed by atoms with E-state index in [1.807, 2.05) is 14.1 Å². The molecule has 2 N–H and O–H groups in total. The van der Waals surface area contributed by atoms with Gasteiger partial charge in [0.1, 0.15) is 5.65 Å². The maximum atomic E-state index is 11.5. The predicted molar refractivity (Wildman–Crippen MR) is 58.6 cm³/mol. The Morgan fingerprint density at radius 3 is 3.07 bits per heavy atom. The zero-order valence-electron chi connectivity index (χ0n) is 8.48. The van der Waals surface area contributed by atoms with Gasteiger partial charge in [-0.3, -0.25) is 9.78 Å². The molecule has 0 saturated heterocycles. The van der Waals surface area contributed by atoms with E-state index in [2.05, 4.69) is 19.9 Å². The maximum absolute atomic E-state index is 11.5. The SMILES string of the molecule is CN(C)C=Nc1nc2[nH]ccc2c(=O)[nH]1. The first kappa shape index (κ1) is 9.45. The second-order valence-corrected chi connectivity index (χ2v) is 3.34. The summed E-state index contributed by atoms with van der Waals surface area (Å²) >= 11 is 0. The third kappa shape index (κ3) is 1.88. The normalized spacial score (nSPS) is 11.3. The van der Waals surface area contributed by atoms with E-state index in [1.54, 1.807) is 23.5 Å². The number of nitrogens with zero attached hydrogens (tertiary/aromatic N) is 3. The number of aliphatic imine (C=N–C) groups is 1. The molecule has 0 aliphatic rings. The van der Waals surface area contributed by atoms with Crippen LogP contribution in [-0.2, 0) is 0 Å². The van der Waals surface area contributed by atoms with E-state index >= 15 is 0 Å². The molecular formula is C9H11N5O. The molecule has 0 spiro atoms. The lowest BCUT2D eigenvalue weighted by atomic mass is 10.4. The van der Waals surface area contributed by atoms with Gasteiger partial charge in [-0.15, -0.1) is 0 Å². The molecule has 78 valence electrons. The molecule has 6 nitrogen and oxygen atoms in total. The Kier molecular flexibility index (Phi) is 2.24. The van der Waals surface area contributed by atoms with Gasteiger partial charge in [0.25, 0.3) is 5.56 Å². The van der Waals surface area contributed by atoms with Gasteiger partial charge in [-0.05, 0) is 6.07 Å². The van der Waals surface area contributed by atoms with Crippen molar-refractivity contribution in [1.29, 1.82) is 0 Å². The minimum atomic E-state index is -0.188. The topological polar surface area (TPSA) is 77.1 Å². The van der Waals surface area contributed by atoms with E-state index in [1.165, 1.54) is 0 Å². The van der Waals surface area contributed by atoms with Crippen molar-refractivity contribution in [3.05, 3.63) is 22.6 Å². The van der Waals surface area contributed by atoms with Crippen molar-refractivity contribution in [2.75, 3.05) is 14.1 Å². The Balaban J connectivity index is 2.50. The van der Waals surface area contributed by atoms with Gasteiger partial charge >= 0.3 is 0 Å². The van der Waals surface area contributed by atoms with E-state index in [0.29, 0.717) is 17.0 Å². The van der Waals surface area contributed by atoms with E-state index < -0.39 is 0 Å². The molecule has 0 aromatic carbocycles. The Bertz CT molecular complexity index is 551. The Labute approximate surface area is 85.7 Å². The van der Waals surface area contributed by atoms with Crippen LogP contribution in [0.25, 0.3) is 11.0 Å². The zero-order chi connectivity index (χ0) is 10.8. The molecule has 0 aliphatic carbocycles. The number of rotatable bonds is 2. The number of aromatic nitrogens is 3. The van der Waals surface area contributed by atoms with Crippen molar-refractivity contribution in [3.63, 3.8) is 0 Å². The zero-order valence-corrected chi connectivity index (χ0v) is 8.48. The quantitative estimate of drug-likeness (QED) is 0.552. The fourth-order valence-corrected chi connectivity index (χ4v) is 1.17. The third-order valence-electron chi connectivity index (χ3n) is 1.82. The first-order valence-electron chi connectivity index (χ1n) is 4.45. The van der Waals surface area contributed by atoms with Crippen LogP contribution >= 0.6 is 0 Å². The van der Waals surface area contributed by atoms with Gasteiger partial charge in [-0.1, -0.05) is 0 Å². The van der Waals surface area contributed by atoms with Crippen LogP contribution in [0.3, 0.4) is 0 Å². The van der Waals surface area contributed by atoms with Crippen molar-refractivity contribution < 1.29 is 0 Å². The molecule has 2 rings (SSSR count). The smallest absolute Gasteiger partial charge is 0.261 e. The van der Waals surface area contributed by atoms with E-state index in [0.717, 1.165) is 0 Å². The van der Waals surface area contributed by atoms with Gasteiger partial charge in [0.15, 0.2) is 0 Å². The standard InChI is InChI=1S/C9H11N5O/c1-14(2)5-11-9-12-7-6(3-4-10-7)8(15)13-9/h3-5H,1-2H3,(H2,10,12,13,15). The summed E-state index contributed by atoms with van der Waals surface area (Å²) in [6.07, 6.45) is 3.25. The first-order chi connectivity index (χ1) is 7.16. The maximum Gasteiger partial charge on any atom is 0.261 e. The fraction of sp³-hybridized carbons (Fsp3) is 0.222. The number of hydrogen-bond acceptors (Lipinski definition) is 3. The summed E-state index contributed by atoms with van der Waals surface area (Å²) in [6.45, 7) is 0. The van der Waals surface area contributed by atoms with Crippen molar-refractivity contribution in [3.8, 4) is 0 Å². The molecular weight excluding hydrogens is 194 g/mol. The summed E-state index contributed by atoms with van der Waals surface area (Å²) in [5, 5.41) is 0.541. The van der Waals surface area contributed by atoms with Crippen molar-refractivity contribution >= 4 is 23.3 Å². The largest absolute Gasteiger partial charge is 0.369 e. The highest BCUT2D eigenvalue weighted by molar-refractivity contribution is 5.75. The van der Waals surface area contributed by atoms with Crippen molar-refractivity contribution in [2.24, 2.45) is 4.99 Å². The lowest BCUT2D eigenvalue weighted by molar-refractivity contribution is 0.642. The molecule has 0 fully saturated rings. The van der Waals surface area contributed by atoms with Crippen molar-refractivity contribution in [1.82, 2.24) is 19.9 Å². The van der Waals surface area contributed by atoms with Gasteiger partial charge in [0, 0.05) is 20.3 Å². The van der Waals surface area contributed by atoms with Gasteiger partial charge in [0.05, 0.1) is 11.7 Å². The minimum absolute atomic E-state index is 0.188. The Morgan fingerprint density at radius 1 is 1.53 bits per heavy atom. The second-order valence-electron chi connectivity index (χ2n) is 3.34. The van der Waals surface area contributed by atoms with Crippen LogP contribution in [0.1, 0.15) is 0 Å². The van der Waals surface area contributed by atoms with Gasteiger partial charge in [-0.2, -0.15) is 4.98 Å². The van der Waals surface area contributed by atoms with E-state index in [9.17, 15) is 4.79 Å². The average molecular weight is 205 g/mol. The molecule has 0 radical (unpaired) electrons. The molecule has 0 saturated carbocycles. The van der Waals surface area contributed by atoms with Crippen LogP contribution in [-0.4, -0.2) is 40.3 Å². The van der Waals surface area contributed by atoms with Crippen LogP contribution < -0.4 is 5.56 Å². The lowest BCUT2D eigenvalue weighted by Crippen LogP contribution is -2.09. The monoisotopic (exact) mass is 205 g/mol. The highest BCUT2D eigenvalue weighted by Crippen LogP contribution is 2.07. The van der Waals surface area contributed by atoms with Crippen molar-refractivity contribution in [2.45, 2.75) is 0 Å². The molecule has 2 aromatic heterocycles. The molecule has 0 atom stereocenters. The summed E-state index contributed by atoms with van der Waals surface area (Å²) in [5.74, 6) is 0.295. The summed E-state index contributed by atoms with van der Waals surface area (Å²) in [4.78, 5) is 26.9. The van der Waals surface area contributed by atoms with Crippen LogP contribution in [0.5, 0.6) is 0 Å². The van der Waals surface area contributed by atoms with Crippen LogP contribution in [0.2, 0.25) is 0 Å². The third-order valence-corrected chi connectivity index (χ3v) is 1.82. The number of fused-ring (bicyclic) bond motifs is 1. The summed E-state index contributed by atoms with van der Waals surface area (Å²) in [6, 6.07) is 1.68.